The Morgan fingerprint density at radius 2 is 1.69 bits per heavy atom. The predicted octanol–water partition coefficient (Wildman–Crippen LogP) is 0.981. The molecule has 0 radical (unpaired) electrons. The lowest BCUT2D eigenvalue weighted by atomic mass is 9.95. The zero-order chi connectivity index (χ0) is 12.1. The molecule has 0 aromatic carbocycles. The Morgan fingerprint density at radius 1 is 1.19 bits per heavy atom. The summed E-state index contributed by atoms with van der Waals surface area (Å²) in [6.45, 7) is 12.1. The van der Waals surface area contributed by atoms with E-state index >= 15 is 0 Å². The third-order valence-electron chi connectivity index (χ3n) is 3.49. The highest BCUT2D eigenvalue weighted by atomic mass is 16.4. The van der Waals surface area contributed by atoms with Crippen molar-refractivity contribution in [1.29, 1.82) is 0 Å². The molecule has 0 aromatic rings. The molecule has 1 rings (SSSR count). The highest BCUT2D eigenvalue weighted by Crippen LogP contribution is 2.14. The van der Waals surface area contributed by atoms with E-state index in [4.69, 9.17) is 5.11 Å². The number of piperazine rings is 1. The molecule has 1 aliphatic heterocycles. The first-order valence-electron chi connectivity index (χ1n) is 6.22. The van der Waals surface area contributed by atoms with Crippen LogP contribution in [0.4, 0.5) is 0 Å². The van der Waals surface area contributed by atoms with Gasteiger partial charge >= 0.3 is 5.97 Å². The number of carbonyl (C=O) groups is 1. The summed E-state index contributed by atoms with van der Waals surface area (Å²) in [4.78, 5) is 15.8. The number of nitrogens with zero attached hydrogens (tertiary/aromatic N) is 2. The van der Waals surface area contributed by atoms with Crippen molar-refractivity contribution in [2.24, 2.45) is 11.8 Å². The predicted molar refractivity (Wildman–Crippen MR) is 64.5 cm³/mol. The van der Waals surface area contributed by atoms with Gasteiger partial charge in [0.1, 0.15) is 0 Å². The zero-order valence-corrected chi connectivity index (χ0v) is 10.6. The standard InChI is InChI=1S/C12H24N2O2/c1-4-13-5-7-14(8-6-13)9-11(10(2)3)12(15)16/h10-11H,4-9H2,1-3H3,(H,15,16). The molecule has 4 nitrogen and oxygen atoms in total. The van der Waals surface area contributed by atoms with Gasteiger partial charge < -0.3 is 10.0 Å². The minimum atomic E-state index is -0.659. The van der Waals surface area contributed by atoms with Gasteiger partial charge in [0.2, 0.25) is 0 Å². The molecule has 1 aliphatic rings. The average Bonchev–Trinajstić information content (AvgIpc) is 2.25. The van der Waals surface area contributed by atoms with Crippen LogP contribution in [0.2, 0.25) is 0 Å². The lowest BCUT2D eigenvalue weighted by Gasteiger charge is -2.35. The Kier molecular flexibility index (Phi) is 5.22. The molecule has 0 saturated carbocycles. The van der Waals surface area contributed by atoms with Crippen LogP contribution in [0.25, 0.3) is 0 Å². The van der Waals surface area contributed by atoms with Crippen molar-refractivity contribution in [2.45, 2.75) is 20.8 Å². The Balaban J connectivity index is 2.39. The second kappa shape index (κ2) is 6.21. The van der Waals surface area contributed by atoms with Gasteiger partial charge in [-0.2, -0.15) is 0 Å². The summed E-state index contributed by atoms with van der Waals surface area (Å²) in [5, 5.41) is 9.14. The molecule has 0 aromatic heterocycles. The smallest absolute Gasteiger partial charge is 0.308 e. The molecule has 1 atom stereocenters. The van der Waals surface area contributed by atoms with E-state index in [9.17, 15) is 4.79 Å². The Morgan fingerprint density at radius 3 is 2.06 bits per heavy atom. The highest BCUT2D eigenvalue weighted by Gasteiger charge is 2.26. The van der Waals surface area contributed by atoms with Gasteiger partial charge in [-0.25, -0.2) is 0 Å². The largest absolute Gasteiger partial charge is 0.481 e. The van der Waals surface area contributed by atoms with Crippen LogP contribution < -0.4 is 0 Å². The fraction of sp³-hybridized carbons (Fsp3) is 0.917. The topological polar surface area (TPSA) is 43.8 Å². The molecule has 0 aliphatic carbocycles. The maximum atomic E-state index is 11.1. The lowest BCUT2D eigenvalue weighted by molar-refractivity contribution is -0.144. The van der Waals surface area contributed by atoms with E-state index in [-0.39, 0.29) is 11.8 Å². The minimum Gasteiger partial charge on any atom is -0.481 e. The quantitative estimate of drug-likeness (QED) is 0.762. The SMILES string of the molecule is CCN1CCN(CC(C(=O)O)C(C)C)CC1. The molecule has 0 spiro atoms. The van der Waals surface area contributed by atoms with Crippen LogP contribution in [0.5, 0.6) is 0 Å². The third-order valence-corrected chi connectivity index (χ3v) is 3.49. The molecule has 16 heavy (non-hydrogen) atoms. The molecule has 0 amide bonds. The molecule has 1 fully saturated rings. The fourth-order valence-corrected chi connectivity index (χ4v) is 2.14. The van der Waals surface area contributed by atoms with Crippen LogP contribution in [0, 0.1) is 11.8 Å². The number of hydrogen-bond donors (Lipinski definition) is 1. The molecule has 4 heteroatoms. The molecule has 1 saturated heterocycles. The molecule has 1 heterocycles. The molecular formula is C12H24N2O2. The van der Waals surface area contributed by atoms with Crippen molar-refractivity contribution < 1.29 is 9.90 Å². The van der Waals surface area contributed by atoms with Gasteiger partial charge in [-0.1, -0.05) is 20.8 Å². The van der Waals surface area contributed by atoms with Gasteiger partial charge in [0.05, 0.1) is 5.92 Å². The molecule has 1 unspecified atom stereocenters. The van der Waals surface area contributed by atoms with Crippen molar-refractivity contribution in [3.8, 4) is 0 Å². The van der Waals surface area contributed by atoms with Gasteiger partial charge in [0, 0.05) is 32.7 Å². The van der Waals surface area contributed by atoms with Gasteiger partial charge in [0.25, 0.3) is 0 Å². The summed E-state index contributed by atoms with van der Waals surface area (Å²) in [6.07, 6.45) is 0. The van der Waals surface area contributed by atoms with Crippen LogP contribution in [-0.2, 0) is 4.79 Å². The van der Waals surface area contributed by atoms with Crippen LogP contribution in [0.1, 0.15) is 20.8 Å². The van der Waals surface area contributed by atoms with Gasteiger partial charge in [-0.15, -0.1) is 0 Å². The van der Waals surface area contributed by atoms with Crippen molar-refractivity contribution in [3.63, 3.8) is 0 Å². The normalized spacial score (nSPS) is 21.2. The first-order valence-corrected chi connectivity index (χ1v) is 6.22. The Hall–Kier alpha value is -0.610. The van der Waals surface area contributed by atoms with E-state index in [1.54, 1.807) is 0 Å². The van der Waals surface area contributed by atoms with Gasteiger partial charge in [-0.05, 0) is 12.5 Å². The van der Waals surface area contributed by atoms with E-state index in [0.29, 0.717) is 6.54 Å². The van der Waals surface area contributed by atoms with Gasteiger partial charge in [0.15, 0.2) is 0 Å². The van der Waals surface area contributed by atoms with E-state index < -0.39 is 5.97 Å². The minimum absolute atomic E-state index is 0.210. The van der Waals surface area contributed by atoms with Gasteiger partial charge in [-0.3, -0.25) is 9.69 Å². The van der Waals surface area contributed by atoms with Crippen LogP contribution in [-0.4, -0.2) is 60.1 Å². The van der Waals surface area contributed by atoms with Crippen LogP contribution >= 0.6 is 0 Å². The molecule has 1 N–H and O–H groups in total. The lowest BCUT2D eigenvalue weighted by Crippen LogP contribution is -2.48. The van der Waals surface area contributed by atoms with Crippen LogP contribution in [0.15, 0.2) is 0 Å². The van der Waals surface area contributed by atoms with E-state index in [1.165, 1.54) is 0 Å². The number of aliphatic carboxylic acids is 1. The second-order valence-corrected chi connectivity index (χ2v) is 4.92. The van der Waals surface area contributed by atoms with Crippen molar-refractivity contribution in [2.75, 3.05) is 39.3 Å². The first kappa shape index (κ1) is 13.5. The number of hydrogen-bond acceptors (Lipinski definition) is 3. The highest BCUT2D eigenvalue weighted by molar-refractivity contribution is 5.70. The summed E-state index contributed by atoms with van der Waals surface area (Å²) >= 11 is 0. The first-order chi connectivity index (χ1) is 7.54. The number of rotatable bonds is 5. The zero-order valence-electron chi connectivity index (χ0n) is 10.6. The van der Waals surface area contributed by atoms with Crippen LogP contribution in [0.3, 0.4) is 0 Å². The average molecular weight is 228 g/mol. The number of carboxylic acid groups (broad SMARTS) is 1. The Labute approximate surface area is 98.2 Å². The summed E-state index contributed by atoms with van der Waals surface area (Å²) < 4.78 is 0. The molecule has 94 valence electrons. The maximum absolute atomic E-state index is 11.1. The summed E-state index contributed by atoms with van der Waals surface area (Å²) in [5.74, 6) is -0.678. The third kappa shape index (κ3) is 3.76. The fourth-order valence-electron chi connectivity index (χ4n) is 2.14. The number of carboxylic acids is 1. The van der Waals surface area contributed by atoms with Crippen molar-refractivity contribution >= 4 is 5.97 Å². The summed E-state index contributed by atoms with van der Waals surface area (Å²) in [5.41, 5.74) is 0. The van der Waals surface area contributed by atoms with E-state index in [1.807, 2.05) is 13.8 Å². The Bertz CT molecular complexity index is 223. The monoisotopic (exact) mass is 228 g/mol. The second-order valence-electron chi connectivity index (χ2n) is 4.92. The van der Waals surface area contributed by atoms with E-state index in [2.05, 4.69) is 16.7 Å². The van der Waals surface area contributed by atoms with E-state index in [0.717, 1.165) is 32.7 Å². The maximum Gasteiger partial charge on any atom is 0.308 e. The number of likely N-dealkylation sites (N-methyl/N-ethyl adjacent to an activating group) is 1. The molecular weight excluding hydrogens is 204 g/mol. The molecule has 0 bridgehead atoms. The summed E-state index contributed by atoms with van der Waals surface area (Å²) in [7, 11) is 0. The summed E-state index contributed by atoms with van der Waals surface area (Å²) in [6, 6.07) is 0. The van der Waals surface area contributed by atoms with Crippen molar-refractivity contribution in [1.82, 2.24) is 9.80 Å². The van der Waals surface area contributed by atoms with Crippen molar-refractivity contribution in [3.05, 3.63) is 0 Å².